The van der Waals surface area contributed by atoms with Gasteiger partial charge in [0.15, 0.2) is 0 Å². The molecule has 0 spiro atoms. The van der Waals surface area contributed by atoms with Crippen molar-refractivity contribution in [1.29, 1.82) is 0 Å². The van der Waals surface area contributed by atoms with E-state index in [1.165, 1.54) is 0 Å². The maximum atomic E-state index is 12.3. The van der Waals surface area contributed by atoms with Gasteiger partial charge >= 0.3 is 29.8 Å². The second kappa shape index (κ2) is 9.16. The first-order valence-electron chi connectivity index (χ1n) is 7.75. The minimum atomic E-state index is -1.48. The minimum Gasteiger partial charge on any atom is -0.469 e. The maximum absolute atomic E-state index is 12.3. The molecule has 0 amide bonds. The molecule has 1 aliphatic rings. The van der Waals surface area contributed by atoms with Gasteiger partial charge in [0.25, 0.3) is 6.29 Å². The smallest absolute Gasteiger partial charge is 0.310 e. The summed E-state index contributed by atoms with van der Waals surface area (Å²) in [6, 6.07) is 0. The molecule has 0 bridgehead atoms. The summed E-state index contributed by atoms with van der Waals surface area (Å²) in [5, 5.41) is 0. The molecule has 1 saturated carbocycles. The summed E-state index contributed by atoms with van der Waals surface area (Å²) in [5.41, 5.74) is 0. The van der Waals surface area contributed by atoms with Gasteiger partial charge < -0.3 is 23.7 Å². The highest BCUT2D eigenvalue weighted by Crippen LogP contribution is 2.46. The van der Waals surface area contributed by atoms with Gasteiger partial charge in [-0.15, -0.1) is 0 Å². The van der Waals surface area contributed by atoms with Crippen LogP contribution in [0.2, 0.25) is 0 Å². The van der Waals surface area contributed by atoms with Gasteiger partial charge in [0.2, 0.25) is 0 Å². The van der Waals surface area contributed by atoms with Crippen molar-refractivity contribution in [3.05, 3.63) is 0 Å². The van der Waals surface area contributed by atoms with E-state index in [0.29, 0.717) is 0 Å². The fraction of sp³-hybridized carbons (Fsp3) is 0.688. The molecule has 2 unspecified atom stereocenters. The molecule has 1 fully saturated rings. The van der Waals surface area contributed by atoms with Crippen LogP contribution in [0.5, 0.6) is 0 Å². The Labute approximate surface area is 150 Å². The van der Waals surface area contributed by atoms with Gasteiger partial charge in [0.05, 0.1) is 39.1 Å². The van der Waals surface area contributed by atoms with Gasteiger partial charge in [-0.2, -0.15) is 0 Å². The summed E-state index contributed by atoms with van der Waals surface area (Å²) in [6.07, 6.45) is -1.59. The van der Waals surface area contributed by atoms with E-state index in [2.05, 4.69) is 0 Å². The molecule has 0 aliphatic heterocycles. The van der Waals surface area contributed by atoms with Crippen molar-refractivity contribution in [2.75, 3.05) is 21.3 Å². The normalized spacial score (nSPS) is 24.5. The SMILES string of the molecule is COC(=O)C1C(C(=O)OC)[C@@H](C(=O)OC)C[C@H]1C(OC(C)=O)OC(C)=O. The van der Waals surface area contributed by atoms with Crippen molar-refractivity contribution in [2.24, 2.45) is 23.7 Å². The second-order valence-electron chi connectivity index (χ2n) is 5.71. The third-order valence-corrected chi connectivity index (χ3v) is 4.17. The zero-order chi connectivity index (χ0) is 20.0. The van der Waals surface area contributed by atoms with E-state index in [1.54, 1.807) is 0 Å². The Hall–Kier alpha value is -2.65. The summed E-state index contributed by atoms with van der Waals surface area (Å²) in [7, 11) is 3.34. The number of rotatable bonds is 6. The quantitative estimate of drug-likeness (QED) is 0.350. The van der Waals surface area contributed by atoms with Gasteiger partial charge in [0.1, 0.15) is 0 Å². The highest BCUT2D eigenvalue weighted by atomic mass is 16.7. The van der Waals surface area contributed by atoms with Crippen LogP contribution in [0.4, 0.5) is 0 Å². The Kier molecular flexibility index (Phi) is 7.54. The summed E-state index contributed by atoms with van der Waals surface area (Å²) >= 11 is 0. The molecule has 10 nitrogen and oxygen atoms in total. The summed E-state index contributed by atoms with van der Waals surface area (Å²) in [5.74, 6) is -8.48. The van der Waals surface area contributed by atoms with Gasteiger partial charge in [-0.25, -0.2) is 0 Å². The van der Waals surface area contributed by atoms with Gasteiger partial charge in [-0.1, -0.05) is 0 Å². The molecule has 4 atom stereocenters. The average molecular weight is 374 g/mol. The van der Waals surface area contributed by atoms with Gasteiger partial charge in [0, 0.05) is 19.8 Å². The highest BCUT2D eigenvalue weighted by Gasteiger charge is 2.58. The zero-order valence-electron chi connectivity index (χ0n) is 15.2. The van der Waals surface area contributed by atoms with Crippen LogP contribution in [-0.2, 0) is 47.7 Å². The molecule has 1 aliphatic carbocycles. The van der Waals surface area contributed by atoms with Crippen molar-refractivity contribution in [2.45, 2.75) is 26.6 Å². The number of carbonyl (C=O) groups excluding carboxylic acids is 5. The standard InChI is InChI=1S/C16H22O10/c1-7(17)25-16(26-8(2)18)10-6-9(13(19)22-3)11(14(20)23-4)12(10)15(21)24-5/h9-12,16H,6H2,1-5H3/t9-,10+,11?,12?/m0/s1. The van der Waals surface area contributed by atoms with Crippen LogP contribution < -0.4 is 0 Å². The Morgan fingerprint density at radius 2 is 1.15 bits per heavy atom. The van der Waals surface area contributed by atoms with Crippen molar-refractivity contribution >= 4 is 29.8 Å². The Morgan fingerprint density at radius 3 is 1.54 bits per heavy atom. The first-order valence-corrected chi connectivity index (χ1v) is 7.75. The van der Waals surface area contributed by atoms with Crippen LogP contribution in [0.25, 0.3) is 0 Å². The number of methoxy groups -OCH3 is 3. The van der Waals surface area contributed by atoms with Crippen LogP contribution in [0.1, 0.15) is 20.3 Å². The molecule has 0 aromatic heterocycles. The van der Waals surface area contributed by atoms with E-state index >= 15 is 0 Å². The molecular formula is C16H22O10. The molecule has 1 rings (SSSR count). The lowest BCUT2D eigenvalue weighted by molar-refractivity contribution is -0.201. The third-order valence-electron chi connectivity index (χ3n) is 4.17. The lowest BCUT2D eigenvalue weighted by Gasteiger charge is -2.27. The van der Waals surface area contributed by atoms with E-state index in [4.69, 9.17) is 23.7 Å². The predicted molar refractivity (Wildman–Crippen MR) is 81.9 cm³/mol. The Balaban J connectivity index is 3.38. The lowest BCUT2D eigenvalue weighted by atomic mass is 9.86. The summed E-state index contributed by atoms with van der Waals surface area (Å²) in [4.78, 5) is 59.4. The molecule has 0 aromatic rings. The largest absolute Gasteiger partial charge is 0.469 e. The molecule has 0 aromatic carbocycles. The molecule has 146 valence electrons. The maximum Gasteiger partial charge on any atom is 0.310 e. The molecule has 0 saturated heterocycles. The molecule has 26 heavy (non-hydrogen) atoms. The van der Waals surface area contributed by atoms with Gasteiger partial charge in [-0.3, -0.25) is 24.0 Å². The second-order valence-corrected chi connectivity index (χ2v) is 5.71. The molecule has 0 N–H and O–H groups in total. The molecular weight excluding hydrogens is 352 g/mol. The first kappa shape index (κ1) is 21.4. The fourth-order valence-electron chi connectivity index (χ4n) is 3.21. The van der Waals surface area contributed by atoms with Crippen LogP contribution in [-0.4, -0.2) is 57.5 Å². The zero-order valence-corrected chi connectivity index (χ0v) is 15.2. The van der Waals surface area contributed by atoms with Gasteiger partial charge in [-0.05, 0) is 6.42 Å². The Morgan fingerprint density at radius 1 is 0.731 bits per heavy atom. The number of ether oxygens (including phenoxy) is 5. The molecule has 10 heteroatoms. The van der Waals surface area contributed by atoms with E-state index < -0.39 is 59.8 Å². The molecule has 0 radical (unpaired) electrons. The van der Waals surface area contributed by atoms with Crippen LogP contribution in [0, 0.1) is 23.7 Å². The summed E-state index contributed by atoms with van der Waals surface area (Å²) in [6.45, 7) is 2.18. The number of hydrogen-bond donors (Lipinski definition) is 0. The average Bonchev–Trinajstić information content (AvgIpc) is 2.98. The van der Waals surface area contributed by atoms with E-state index in [-0.39, 0.29) is 6.42 Å². The van der Waals surface area contributed by atoms with Crippen molar-refractivity contribution < 1.29 is 47.7 Å². The Bertz CT molecular complexity index is 568. The topological polar surface area (TPSA) is 132 Å². The monoisotopic (exact) mass is 374 g/mol. The van der Waals surface area contributed by atoms with E-state index in [9.17, 15) is 24.0 Å². The predicted octanol–water partition coefficient (Wildman–Crippen LogP) is -0.174. The number of esters is 5. The van der Waals surface area contributed by atoms with E-state index in [0.717, 1.165) is 35.2 Å². The van der Waals surface area contributed by atoms with Crippen molar-refractivity contribution in [1.82, 2.24) is 0 Å². The lowest BCUT2D eigenvalue weighted by Crippen LogP contribution is -2.40. The fourth-order valence-corrected chi connectivity index (χ4v) is 3.21. The number of hydrogen-bond acceptors (Lipinski definition) is 10. The van der Waals surface area contributed by atoms with Crippen LogP contribution >= 0.6 is 0 Å². The number of carbonyl (C=O) groups is 5. The third kappa shape index (κ3) is 4.70. The highest BCUT2D eigenvalue weighted by molar-refractivity contribution is 5.88. The molecule has 0 heterocycles. The van der Waals surface area contributed by atoms with Crippen molar-refractivity contribution in [3.8, 4) is 0 Å². The van der Waals surface area contributed by atoms with Crippen LogP contribution in [0.3, 0.4) is 0 Å². The summed E-state index contributed by atoms with van der Waals surface area (Å²) < 4.78 is 24.1. The minimum absolute atomic E-state index is 0.114. The van der Waals surface area contributed by atoms with Crippen molar-refractivity contribution in [3.63, 3.8) is 0 Å². The van der Waals surface area contributed by atoms with Crippen LogP contribution in [0.15, 0.2) is 0 Å². The first-order chi connectivity index (χ1) is 12.2. The van der Waals surface area contributed by atoms with E-state index in [1.807, 2.05) is 0 Å².